The van der Waals surface area contributed by atoms with Crippen LogP contribution in [0.3, 0.4) is 0 Å². The van der Waals surface area contributed by atoms with Crippen LogP contribution in [0.4, 0.5) is 5.69 Å². The van der Waals surface area contributed by atoms with E-state index in [-0.39, 0.29) is 23.5 Å². The van der Waals surface area contributed by atoms with Gasteiger partial charge in [-0.05, 0) is 18.6 Å². The van der Waals surface area contributed by atoms with Crippen molar-refractivity contribution in [1.82, 2.24) is 4.72 Å². The number of nitrogens with one attached hydrogen (secondary N) is 1. The predicted octanol–water partition coefficient (Wildman–Crippen LogP) is 0.984. The van der Waals surface area contributed by atoms with Crippen molar-refractivity contribution in [3.8, 4) is 0 Å². The molecule has 0 aliphatic heterocycles. The summed E-state index contributed by atoms with van der Waals surface area (Å²) in [5.74, 6) is -1.90. The molecule has 0 saturated heterocycles. The molecule has 1 rings (SSSR count). The number of nitro benzene ring substituents is 1. The van der Waals surface area contributed by atoms with Crippen LogP contribution < -0.4 is 4.72 Å². The number of sulfonamides is 1. The number of benzene rings is 1. The van der Waals surface area contributed by atoms with Gasteiger partial charge in [-0.2, -0.15) is 0 Å². The van der Waals surface area contributed by atoms with Crippen molar-refractivity contribution in [1.29, 1.82) is 0 Å². The van der Waals surface area contributed by atoms with Gasteiger partial charge >= 0.3 is 5.97 Å². The molecule has 0 aliphatic carbocycles. The number of hydrogen-bond donors (Lipinski definition) is 2. The zero-order valence-electron chi connectivity index (χ0n) is 10.6. The molecule has 1 atom stereocenters. The van der Waals surface area contributed by atoms with Crippen LogP contribution in [-0.2, 0) is 14.8 Å². The fraction of sp³-hybridized carbons (Fsp3) is 0.364. The maximum absolute atomic E-state index is 11.9. The number of nitrogens with zero attached hydrogens (tertiary/aromatic N) is 1. The number of rotatable bonds is 7. The first-order chi connectivity index (χ1) is 9.27. The first kappa shape index (κ1) is 16.1. The van der Waals surface area contributed by atoms with Gasteiger partial charge < -0.3 is 5.11 Å². The van der Waals surface area contributed by atoms with Crippen molar-refractivity contribution >= 4 is 21.7 Å². The highest BCUT2D eigenvalue weighted by Gasteiger charge is 2.20. The molecule has 0 radical (unpaired) electrons. The third-order valence-electron chi connectivity index (χ3n) is 2.72. The summed E-state index contributed by atoms with van der Waals surface area (Å²) < 4.78 is 25.9. The number of carbonyl (C=O) groups is 1. The molecule has 9 heteroatoms. The van der Waals surface area contributed by atoms with E-state index >= 15 is 0 Å². The smallest absolute Gasteiger partial charge is 0.307 e. The first-order valence-corrected chi connectivity index (χ1v) is 7.23. The quantitative estimate of drug-likeness (QED) is 0.571. The summed E-state index contributed by atoms with van der Waals surface area (Å²) in [7, 11) is -3.88. The van der Waals surface area contributed by atoms with Crippen molar-refractivity contribution in [2.75, 3.05) is 6.54 Å². The van der Waals surface area contributed by atoms with Crippen molar-refractivity contribution in [2.24, 2.45) is 5.92 Å². The Morgan fingerprint density at radius 3 is 2.35 bits per heavy atom. The maximum atomic E-state index is 11.9. The van der Waals surface area contributed by atoms with Crippen LogP contribution in [0.25, 0.3) is 0 Å². The molecule has 0 fully saturated rings. The van der Waals surface area contributed by atoms with Gasteiger partial charge in [0.1, 0.15) is 0 Å². The molecule has 0 bridgehead atoms. The van der Waals surface area contributed by atoms with E-state index in [1.165, 1.54) is 0 Å². The average Bonchev–Trinajstić information content (AvgIpc) is 2.39. The second kappa shape index (κ2) is 6.44. The van der Waals surface area contributed by atoms with Gasteiger partial charge in [-0.15, -0.1) is 0 Å². The number of carboxylic acids is 1. The zero-order valence-corrected chi connectivity index (χ0v) is 11.5. The minimum atomic E-state index is -3.88. The molecule has 0 heterocycles. The molecule has 20 heavy (non-hydrogen) atoms. The molecular weight excluding hydrogens is 288 g/mol. The van der Waals surface area contributed by atoms with Crippen LogP contribution in [0.5, 0.6) is 0 Å². The molecule has 0 amide bonds. The van der Waals surface area contributed by atoms with Gasteiger partial charge in [-0.3, -0.25) is 14.9 Å². The Labute approximate surface area is 115 Å². The van der Waals surface area contributed by atoms with E-state index < -0.39 is 26.8 Å². The summed E-state index contributed by atoms with van der Waals surface area (Å²) in [6.07, 6.45) is 0.290. The van der Waals surface area contributed by atoms with E-state index in [1.54, 1.807) is 6.92 Å². The largest absolute Gasteiger partial charge is 0.481 e. The molecule has 8 nitrogen and oxygen atoms in total. The summed E-state index contributed by atoms with van der Waals surface area (Å²) in [6, 6.07) is 4.34. The molecule has 1 aromatic carbocycles. The summed E-state index contributed by atoms with van der Waals surface area (Å²) in [6.45, 7) is 1.41. The highest BCUT2D eigenvalue weighted by Crippen LogP contribution is 2.16. The van der Waals surface area contributed by atoms with E-state index in [1.807, 2.05) is 0 Å². The summed E-state index contributed by atoms with van der Waals surface area (Å²) >= 11 is 0. The van der Waals surface area contributed by atoms with Gasteiger partial charge in [0.05, 0.1) is 15.7 Å². The lowest BCUT2D eigenvalue weighted by Gasteiger charge is -2.11. The lowest BCUT2D eigenvalue weighted by Crippen LogP contribution is -2.32. The Bertz CT molecular complexity index is 596. The fourth-order valence-corrected chi connectivity index (χ4v) is 2.53. The third kappa shape index (κ3) is 4.00. The Morgan fingerprint density at radius 1 is 1.40 bits per heavy atom. The molecule has 0 aromatic heterocycles. The molecule has 110 valence electrons. The van der Waals surface area contributed by atoms with Gasteiger partial charge in [0.25, 0.3) is 5.69 Å². The number of nitro groups is 1. The van der Waals surface area contributed by atoms with Crippen LogP contribution in [0.15, 0.2) is 29.2 Å². The second-order valence-corrected chi connectivity index (χ2v) is 5.81. The lowest BCUT2D eigenvalue weighted by atomic mass is 10.1. The van der Waals surface area contributed by atoms with Crippen LogP contribution in [0.1, 0.15) is 13.3 Å². The summed E-state index contributed by atoms with van der Waals surface area (Å²) in [5.41, 5.74) is -0.221. The highest BCUT2D eigenvalue weighted by atomic mass is 32.2. The zero-order chi connectivity index (χ0) is 15.3. The normalized spacial score (nSPS) is 12.8. The average molecular weight is 302 g/mol. The van der Waals surface area contributed by atoms with Gasteiger partial charge in [-0.1, -0.05) is 6.92 Å². The van der Waals surface area contributed by atoms with Crippen LogP contribution in [0.2, 0.25) is 0 Å². The van der Waals surface area contributed by atoms with E-state index in [9.17, 15) is 23.3 Å². The highest BCUT2D eigenvalue weighted by molar-refractivity contribution is 7.89. The predicted molar refractivity (Wildman–Crippen MR) is 69.7 cm³/mol. The number of aliphatic carboxylic acids is 1. The topological polar surface area (TPSA) is 127 Å². The van der Waals surface area contributed by atoms with Gasteiger partial charge in [0.2, 0.25) is 10.0 Å². The molecule has 2 N–H and O–H groups in total. The van der Waals surface area contributed by atoms with Crippen molar-refractivity contribution < 1.29 is 23.2 Å². The monoisotopic (exact) mass is 302 g/mol. The first-order valence-electron chi connectivity index (χ1n) is 5.75. The fourth-order valence-electron chi connectivity index (χ4n) is 1.45. The van der Waals surface area contributed by atoms with Crippen molar-refractivity contribution in [3.63, 3.8) is 0 Å². The molecule has 0 spiro atoms. The minimum absolute atomic E-state index is 0.150. The molecule has 0 aliphatic rings. The molecule has 1 unspecified atom stereocenters. The van der Waals surface area contributed by atoms with E-state index in [0.717, 1.165) is 24.3 Å². The van der Waals surface area contributed by atoms with Gasteiger partial charge in [-0.25, -0.2) is 13.1 Å². The molecule has 1 aromatic rings. The number of carboxylic acid groups (broad SMARTS) is 1. The standard InChI is InChI=1S/C11H14N2O6S/c1-2-8(11(14)15)7-12-20(18,19)10-5-3-9(4-6-10)13(16)17/h3-6,8,12H,2,7H2,1H3,(H,14,15). The van der Waals surface area contributed by atoms with Crippen LogP contribution in [0, 0.1) is 16.0 Å². The molecule has 0 saturated carbocycles. The Morgan fingerprint density at radius 2 is 1.95 bits per heavy atom. The van der Waals surface area contributed by atoms with E-state index in [4.69, 9.17) is 5.11 Å². The Kier molecular flexibility index (Phi) is 5.17. The van der Waals surface area contributed by atoms with Crippen LogP contribution >= 0.6 is 0 Å². The van der Waals surface area contributed by atoms with E-state index in [0.29, 0.717) is 0 Å². The van der Waals surface area contributed by atoms with Crippen molar-refractivity contribution in [3.05, 3.63) is 34.4 Å². The third-order valence-corrected chi connectivity index (χ3v) is 4.16. The van der Waals surface area contributed by atoms with E-state index in [2.05, 4.69) is 4.72 Å². The van der Waals surface area contributed by atoms with Crippen molar-refractivity contribution in [2.45, 2.75) is 18.2 Å². The summed E-state index contributed by atoms with van der Waals surface area (Å²) in [5, 5.41) is 19.3. The second-order valence-electron chi connectivity index (χ2n) is 4.05. The lowest BCUT2D eigenvalue weighted by molar-refractivity contribution is -0.384. The van der Waals surface area contributed by atoms with Crippen LogP contribution in [-0.4, -0.2) is 31.0 Å². The minimum Gasteiger partial charge on any atom is -0.481 e. The maximum Gasteiger partial charge on any atom is 0.307 e. The van der Waals surface area contributed by atoms with Gasteiger partial charge in [0, 0.05) is 18.7 Å². The Balaban J connectivity index is 2.83. The Hall–Kier alpha value is -2.00. The van der Waals surface area contributed by atoms with Gasteiger partial charge in [0.15, 0.2) is 0 Å². The number of non-ortho nitro benzene ring substituents is 1. The summed E-state index contributed by atoms with van der Waals surface area (Å²) in [4.78, 5) is 20.5. The number of hydrogen-bond acceptors (Lipinski definition) is 5. The SMILES string of the molecule is CCC(CNS(=O)(=O)c1ccc([N+](=O)[O-])cc1)C(=O)O. The molecular formula is C11H14N2O6S.